The highest BCUT2D eigenvalue weighted by molar-refractivity contribution is 5.89. The number of nitrogens with one attached hydrogen (secondary N) is 1. The van der Waals surface area contributed by atoms with Gasteiger partial charge < -0.3 is 15.0 Å². The predicted molar refractivity (Wildman–Crippen MR) is 145 cm³/mol. The first kappa shape index (κ1) is 27.0. The quantitative estimate of drug-likeness (QED) is 0.432. The van der Waals surface area contributed by atoms with Gasteiger partial charge in [-0.25, -0.2) is 0 Å². The van der Waals surface area contributed by atoms with Crippen LogP contribution >= 0.6 is 0 Å². The van der Waals surface area contributed by atoms with Gasteiger partial charge in [-0.3, -0.25) is 9.59 Å². The molecule has 0 bridgehead atoms. The Kier molecular flexibility index (Phi) is 8.92. The number of nitrogens with zero attached hydrogens (tertiary/aromatic N) is 1. The van der Waals surface area contributed by atoms with E-state index in [1.807, 2.05) is 108 Å². The standard InChI is InChI=1S/C31H38N2O3/c1-22-12-14-26(15-13-22)20-33(29(34)21-36-27-17-23(2)16-24(3)18-27)28(30(35)32-31(4,5)6)19-25-10-8-7-9-11-25/h7-18,28H,19-21H2,1-6H3,(H,32,35)/t28-/m1/s1. The lowest BCUT2D eigenvalue weighted by molar-refractivity contribution is -0.143. The van der Waals surface area contributed by atoms with E-state index in [9.17, 15) is 9.59 Å². The Bertz CT molecular complexity index is 1140. The van der Waals surface area contributed by atoms with Crippen molar-refractivity contribution in [2.24, 2.45) is 0 Å². The van der Waals surface area contributed by atoms with Gasteiger partial charge in [0.2, 0.25) is 5.91 Å². The first-order valence-electron chi connectivity index (χ1n) is 12.4. The van der Waals surface area contributed by atoms with E-state index in [1.165, 1.54) is 0 Å². The first-order chi connectivity index (χ1) is 17.0. The topological polar surface area (TPSA) is 58.6 Å². The average molecular weight is 487 g/mol. The van der Waals surface area contributed by atoms with Crippen molar-refractivity contribution in [1.82, 2.24) is 10.2 Å². The number of carbonyl (C=O) groups is 2. The molecule has 0 aliphatic heterocycles. The van der Waals surface area contributed by atoms with Crippen molar-refractivity contribution in [1.29, 1.82) is 0 Å². The van der Waals surface area contributed by atoms with Gasteiger partial charge in [0, 0.05) is 18.5 Å². The highest BCUT2D eigenvalue weighted by Crippen LogP contribution is 2.19. The Morgan fingerprint density at radius 3 is 2.03 bits per heavy atom. The van der Waals surface area contributed by atoms with Crippen LogP contribution in [0.1, 0.15) is 48.6 Å². The van der Waals surface area contributed by atoms with Crippen molar-refractivity contribution in [3.8, 4) is 5.75 Å². The summed E-state index contributed by atoms with van der Waals surface area (Å²) >= 11 is 0. The van der Waals surface area contributed by atoms with Crippen LogP contribution in [-0.2, 0) is 22.6 Å². The molecule has 0 aromatic heterocycles. The summed E-state index contributed by atoms with van der Waals surface area (Å²) in [5, 5.41) is 3.08. The number of ether oxygens (including phenoxy) is 1. The van der Waals surface area contributed by atoms with E-state index in [4.69, 9.17) is 4.74 Å². The third kappa shape index (κ3) is 8.26. The number of hydrogen-bond acceptors (Lipinski definition) is 3. The minimum atomic E-state index is -0.691. The molecule has 190 valence electrons. The number of aryl methyl sites for hydroxylation is 3. The van der Waals surface area contributed by atoms with Crippen LogP contribution in [0.3, 0.4) is 0 Å². The molecule has 0 saturated carbocycles. The van der Waals surface area contributed by atoms with E-state index in [1.54, 1.807) is 4.90 Å². The molecule has 5 nitrogen and oxygen atoms in total. The maximum absolute atomic E-state index is 13.7. The van der Waals surface area contributed by atoms with Crippen molar-refractivity contribution in [2.75, 3.05) is 6.61 Å². The molecule has 0 aliphatic carbocycles. The second kappa shape index (κ2) is 11.9. The highest BCUT2D eigenvalue weighted by Gasteiger charge is 2.32. The van der Waals surface area contributed by atoms with Gasteiger partial charge in [0.05, 0.1) is 0 Å². The molecule has 2 amide bonds. The van der Waals surface area contributed by atoms with Gasteiger partial charge in [-0.2, -0.15) is 0 Å². The molecule has 0 fully saturated rings. The zero-order chi connectivity index (χ0) is 26.3. The maximum atomic E-state index is 13.7. The molecule has 0 heterocycles. The van der Waals surface area contributed by atoms with Crippen molar-refractivity contribution in [3.05, 3.63) is 101 Å². The van der Waals surface area contributed by atoms with Crippen LogP contribution in [0.15, 0.2) is 72.8 Å². The van der Waals surface area contributed by atoms with Crippen LogP contribution in [0, 0.1) is 20.8 Å². The van der Waals surface area contributed by atoms with Crippen LogP contribution in [0.4, 0.5) is 0 Å². The number of carbonyl (C=O) groups excluding carboxylic acids is 2. The smallest absolute Gasteiger partial charge is 0.261 e. The molecule has 36 heavy (non-hydrogen) atoms. The van der Waals surface area contributed by atoms with Crippen LogP contribution in [0.25, 0.3) is 0 Å². The Labute approximate surface area is 215 Å². The Morgan fingerprint density at radius 2 is 1.44 bits per heavy atom. The zero-order valence-corrected chi connectivity index (χ0v) is 22.3. The number of benzene rings is 3. The third-order valence-corrected chi connectivity index (χ3v) is 5.80. The normalized spacial score (nSPS) is 12.1. The van der Waals surface area contributed by atoms with E-state index in [0.717, 1.165) is 27.8 Å². The Hall–Kier alpha value is -3.60. The van der Waals surface area contributed by atoms with E-state index in [0.29, 0.717) is 18.7 Å². The monoisotopic (exact) mass is 486 g/mol. The maximum Gasteiger partial charge on any atom is 0.261 e. The lowest BCUT2D eigenvalue weighted by Gasteiger charge is -2.33. The lowest BCUT2D eigenvalue weighted by Crippen LogP contribution is -2.55. The van der Waals surface area contributed by atoms with Crippen LogP contribution < -0.4 is 10.1 Å². The van der Waals surface area contributed by atoms with Crippen molar-refractivity contribution >= 4 is 11.8 Å². The lowest BCUT2D eigenvalue weighted by atomic mass is 10.0. The van der Waals surface area contributed by atoms with Crippen molar-refractivity contribution in [2.45, 2.75) is 66.1 Å². The minimum Gasteiger partial charge on any atom is -0.484 e. The van der Waals surface area contributed by atoms with Crippen LogP contribution in [-0.4, -0.2) is 34.9 Å². The van der Waals surface area contributed by atoms with Crippen molar-refractivity contribution in [3.63, 3.8) is 0 Å². The molecule has 1 N–H and O–H groups in total. The second-order valence-corrected chi connectivity index (χ2v) is 10.6. The first-order valence-corrected chi connectivity index (χ1v) is 12.4. The largest absolute Gasteiger partial charge is 0.484 e. The van der Waals surface area contributed by atoms with Crippen LogP contribution in [0.2, 0.25) is 0 Å². The summed E-state index contributed by atoms with van der Waals surface area (Å²) in [5.74, 6) is 0.229. The number of rotatable bonds is 9. The molecular formula is C31H38N2O3. The van der Waals surface area contributed by atoms with Crippen molar-refractivity contribution < 1.29 is 14.3 Å². The van der Waals surface area contributed by atoms with Gasteiger partial charge in [-0.1, -0.05) is 66.2 Å². The zero-order valence-electron chi connectivity index (χ0n) is 22.3. The van der Waals surface area contributed by atoms with E-state index in [-0.39, 0.29) is 18.4 Å². The number of amides is 2. The molecule has 0 radical (unpaired) electrons. The molecule has 3 aromatic carbocycles. The SMILES string of the molecule is Cc1ccc(CN(C(=O)COc2cc(C)cc(C)c2)[C@H](Cc2ccccc2)C(=O)NC(C)(C)C)cc1. The minimum absolute atomic E-state index is 0.150. The molecule has 0 saturated heterocycles. The molecule has 5 heteroatoms. The molecule has 3 rings (SSSR count). The molecule has 0 aliphatic rings. The summed E-state index contributed by atoms with van der Waals surface area (Å²) in [7, 11) is 0. The van der Waals surface area contributed by atoms with E-state index in [2.05, 4.69) is 11.4 Å². The summed E-state index contributed by atoms with van der Waals surface area (Å²) in [5.41, 5.74) is 4.80. The average Bonchev–Trinajstić information content (AvgIpc) is 2.80. The van der Waals surface area contributed by atoms with Gasteiger partial charge >= 0.3 is 0 Å². The van der Waals surface area contributed by atoms with Gasteiger partial charge in [-0.05, 0) is 75.9 Å². The fourth-order valence-electron chi connectivity index (χ4n) is 4.14. The molecule has 0 unspecified atom stereocenters. The predicted octanol–water partition coefficient (Wildman–Crippen LogP) is 5.55. The Balaban J connectivity index is 1.93. The van der Waals surface area contributed by atoms with E-state index >= 15 is 0 Å². The fraction of sp³-hybridized carbons (Fsp3) is 0.355. The second-order valence-electron chi connectivity index (χ2n) is 10.6. The van der Waals surface area contributed by atoms with Gasteiger partial charge in [0.25, 0.3) is 5.91 Å². The molecule has 1 atom stereocenters. The Morgan fingerprint density at radius 1 is 0.833 bits per heavy atom. The summed E-state index contributed by atoms with van der Waals surface area (Å²) in [6.45, 7) is 12.0. The summed E-state index contributed by atoms with van der Waals surface area (Å²) in [6, 6.07) is 23.0. The highest BCUT2D eigenvalue weighted by atomic mass is 16.5. The summed E-state index contributed by atoms with van der Waals surface area (Å²) in [6.07, 6.45) is 0.407. The molecule has 0 spiro atoms. The van der Waals surface area contributed by atoms with Gasteiger partial charge in [-0.15, -0.1) is 0 Å². The summed E-state index contributed by atoms with van der Waals surface area (Å²) in [4.78, 5) is 28.9. The van der Waals surface area contributed by atoms with Gasteiger partial charge in [0.1, 0.15) is 11.8 Å². The van der Waals surface area contributed by atoms with Gasteiger partial charge in [0.15, 0.2) is 6.61 Å². The molecule has 3 aromatic rings. The number of hydrogen-bond donors (Lipinski definition) is 1. The van der Waals surface area contributed by atoms with Crippen LogP contribution in [0.5, 0.6) is 5.75 Å². The van der Waals surface area contributed by atoms with E-state index < -0.39 is 11.6 Å². The third-order valence-electron chi connectivity index (χ3n) is 5.80. The fourth-order valence-corrected chi connectivity index (χ4v) is 4.14. The molecular weight excluding hydrogens is 448 g/mol. The summed E-state index contributed by atoms with van der Waals surface area (Å²) < 4.78 is 5.93.